The first-order chi connectivity index (χ1) is 9.60. The average molecular weight is 320 g/mol. The largest absolute Gasteiger partial charge is 0.481 e. The van der Waals surface area contributed by atoms with E-state index in [-0.39, 0.29) is 18.4 Å². The number of nitrogens with one attached hydrogen (secondary N) is 1. The lowest BCUT2D eigenvalue weighted by atomic mass is 9.96. The Hall–Kier alpha value is -1.15. The molecule has 1 saturated heterocycles. The van der Waals surface area contributed by atoms with E-state index in [2.05, 4.69) is 4.72 Å². The van der Waals surface area contributed by atoms with E-state index in [9.17, 15) is 18.0 Å². The van der Waals surface area contributed by atoms with Crippen LogP contribution in [0.3, 0.4) is 0 Å². The first-order valence-corrected chi connectivity index (χ1v) is 8.98. The number of aliphatic carboxylic acids is 1. The van der Waals surface area contributed by atoms with E-state index in [1.165, 1.54) is 4.90 Å². The summed E-state index contributed by atoms with van der Waals surface area (Å²) in [7, 11) is -3.50. The molecule has 0 saturated carbocycles. The third-order valence-corrected chi connectivity index (χ3v) is 4.16. The SMILES string of the molecule is CC(C)CC(NS(C)(=O)=O)C(=O)N1CCC[C@@H](C(=O)O)C1. The summed E-state index contributed by atoms with van der Waals surface area (Å²) in [4.78, 5) is 25.0. The summed E-state index contributed by atoms with van der Waals surface area (Å²) in [5, 5.41) is 9.06. The van der Waals surface area contributed by atoms with Crippen LogP contribution in [0, 0.1) is 11.8 Å². The summed E-state index contributed by atoms with van der Waals surface area (Å²) in [5.41, 5.74) is 0. The van der Waals surface area contributed by atoms with Gasteiger partial charge in [-0.1, -0.05) is 13.8 Å². The van der Waals surface area contributed by atoms with E-state index in [1.807, 2.05) is 13.8 Å². The number of hydrogen-bond acceptors (Lipinski definition) is 4. The van der Waals surface area contributed by atoms with Crippen molar-refractivity contribution in [2.75, 3.05) is 19.3 Å². The topological polar surface area (TPSA) is 104 Å². The van der Waals surface area contributed by atoms with Crippen LogP contribution < -0.4 is 4.72 Å². The highest BCUT2D eigenvalue weighted by Crippen LogP contribution is 2.19. The van der Waals surface area contributed by atoms with Gasteiger partial charge in [-0.2, -0.15) is 0 Å². The number of piperidine rings is 1. The van der Waals surface area contributed by atoms with E-state index in [4.69, 9.17) is 5.11 Å². The fourth-order valence-electron chi connectivity index (χ4n) is 2.53. The minimum absolute atomic E-state index is 0.147. The Morgan fingerprint density at radius 2 is 2.00 bits per heavy atom. The van der Waals surface area contributed by atoms with Crippen molar-refractivity contribution in [2.45, 2.75) is 39.2 Å². The van der Waals surface area contributed by atoms with Crippen LogP contribution in [0.2, 0.25) is 0 Å². The second kappa shape index (κ2) is 7.22. The summed E-state index contributed by atoms with van der Waals surface area (Å²) in [5.74, 6) is -1.67. The second-order valence-corrected chi connectivity index (χ2v) is 7.81. The molecule has 1 rings (SSSR count). The fraction of sp³-hybridized carbons (Fsp3) is 0.846. The molecule has 0 aromatic rings. The van der Waals surface area contributed by atoms with Crippen molar-refractivity contribution in [1.29, 1.82) is 0 Å². The molecule has 0 radical (unpaired) electrons. The minimum atomic E-state index is -3.50. The van der Waals surface area contributed by atoms with Crippen molar-refractivity contribution in [1.82, 2.24) is 9.62 Å². The van der Waals surface area contributed by atoms with Gasteiger partial charge in [0, 0.05) is 13.1 Å². The standard InChI is InChI=1S/C13H24N2O5S/c1-9(2)7-11(14-21(3,19)20)12(16)15-6-4-5-10(8-15)13(17)18/h9-11,14H,4-8H2,1-3H3,(H,17,18)/t10-,11?/m1/s1. The van der Waals surface area contributed by atoms with Crippen molar-refractivity contribution >= 4 is 21.9 Å². The maximum atomic E-state index is 12.5. The van der Waals surface area contributed by atoms with Gasteiger partial charge in [-0.3, -0.25) is 9.59 Å². The van der Waals surface area contributed by atoms with E-state index in [0.717, 1.165) is 6.26 Å². The molecule has 1 aliphatic rings. The van der Waals surface area contributed by atoms with Gasteiger partial charge in [0.05, 0.1) is 12.2 Å². The lowest BCUT2D eigenvalue weighted by Gasteiger charge is -2.33. The predicted molar refractivity (Wildman–Crippen MR) is 78.2 cm³/mol. The van der Waals surface area contributed by atoms with Gasteiger partial charge in [-0.05, 0) is 25.2 Å². The molecule has 122 valence electrons. The molecule has 1 amide bonds. The van der Waals surface area contributed by atoms with Crippen molar-refractivity contribution in [3.8, 4) is 0 Å². The number of hydrogen-bond donors (Lipinski definition) is 2. The zero-order valence-corrected chi connectivity index (χ0v) is 13.5. The molecule has 0 aliphatic carbocycles. The summed E-state index contributed by atoms with van der Waals surface area (Å²) < 4.78 is 25.2. The summed E-state index contributed by atoms with van der Waals surface area (Å²) in [6.07, 6.45) is 2.58. The van der Waals surface area contributed by atoms with Gasteiger partial charge in [0.25, 0.3) is 0 Å². The molecule has 21 heavy (non-hydrogen) atoms. The number of likely N-dealkylation sites (tertiary alicyclic amines) is 1. The van der Waals surface area contributed by atoms with E-state index >= 15 is 0 Å². The summed E-state index contributed by atoms with van der Waals surface area (Å²) >= 11 is 0. The highest BCUT2D eigenvalue weighted by Gasteiger charge is 2.33. The van der Waals surface area contributed by atoms with Crippen LogP contribution >= 0.6 is 0 Å². The summed E-state index contributed by atoms with van der Waals surface area (Å²) in [6.45, 7) is 4.43. The van der Waals surface area contributed by atoms with E-state index in [1.54, 1.807) is 0 Å². The monoisotopic (exact) mass is 320 g/mol. The second-order valence-electron chi connectivity index (χ2n) is 6.03. The quantitative estimate of drug-likeness (QED) is 0.731. The van der Waals surface area contributed by atoms with Crippen LogP contribution in [-0.4, -0.2) is 55.7 Å². The number of amides is 1. The van der Waals surface area contributed by atoms with Crippen LogP contribution in [0.4, 0.5) is 0 Å². The zero-order chi connectivity index (χ0) is 16.2. The van der Waals surface area contributed by atoms with Gasteiger partial charge in [0.15, 0.2) is 0 Å². The molecule has 1 heterocycles. The smallest absolute Gasteiger partial charge is 0.308 e. The van der Waals surface area contributed by atoms with Gasteiger partial charge < -0.3 is 10.0 Å². The van der Waals surface area contributed by atoms with Crippen LogP contribution in [0.5, 0.6) is 0 Å². The number of rotatable bonds is 6. The molecule has 2 atom stereocenters. The molecular weight excluding hydrogens is 296 g/mol. The number of sulfonamides is 1. The van der Waals surface area contributed by atoms with Crippen LogP contribution in [0.25, 0.3) is 0 Å². The lowest BCUT2D eigenvalue weighted by Crippen LogP contribution is -2.52. The number of carbonyl (C=O) groups is 2. The van der Waals surface area contributed by atoms with Crippen molar-refractivity contribution < 1.29 is 23.1 Å². The summed E-state index contributed by atoms with van der Waals surface area (Å²) in [6, 6.07) is -0.826. The molecule has 8 heteroatoms. The molecule has 0 bridgehead atoms. The van der Waals surface area contributed by atoms with E-state index < -0.39 is 28.0 Å². The Morgan fingerprint density at radius 3 is 2.48 bits per heavy atom. The van der Waals surface area contributed by atoms with Gasteiger partial charge in [0.2, 0.25) is 15.9 Å². The van der Waals surface area contributed by atoms with E-state index in [0.29, 0.717) is 25.8 Å². The molecule has 1 unspecified atom stereocenters. The Kier molecular flexibility index (Phi) is 6.15. The Balaban J connectivity index is 2.81. The first-order valence-electron chi connectivity index (χ1n) is 7.09. The Bertz CT molecular complexity index is 489. The van der Waals surface area contributed by atoms with Crippen LogP contribution in [0.1, 0.15) is 33.1 Å². The van der Waals surface area contributed by atoms with Gasteiger partial charge in [-0.25, -0.2) is 13.1 Å². The molecular formula is C13H24N2O5S. The number of carboxylic acids is 1. The third kappa shape index (κ3) is 6.01. The molecule has 0 aromatic heterocycles. The normalized spacial score (nSPS) is 21.3. The lowest BCUT2D eigenvalue weighted by molar-refractivity contribution is -0.146. The van der Waals surface area contributed by atoms with Crippen molar-refractivity contribution in [3.05, 3.63) is 0 Å². The van der Waals surface area contributed by atoms with Crippen molar-refractivity contribution in [3.63, 3.8) is 0 Å². The predicted octanol–water partition coefficient (Wildman–Crippen LogP) is 0.274. The molecule has 2 N–H and O–H groups in total. The molecule has 0 aromatic carbocycles. The molecule has 0 spiro atoms. The minimum Gasteiger partial charge on any atom is -0.481 e. The molecule has 1 fully saturated rings. The van der Waals surface area contributed by atoms with Gasteiger partial charge >= 0.3 is 5.97 Å². The highest BCUT2D eigenvalue weighted by molar-refractivity contribution is 7.88. The zero-order valence-electron chi connectivity index (χ0n) is 12.7. The Morgan fingerprint density at radius 1 is 1.38 bits per heavy atom. The Labute approximate surface area is 125 Å². The van der Waals surface area contributed by atoms with Crippen LogP contribution in [0.15, 0.2) is 0 Å². The molecule has 7 nitrogen and oxygen atoms in total. The average Bonchev–Trinajstić information content (AvgIpc) is 2.35. The number of carboxylic acid groups (broad SMARTS) is 1. The first kappa shape index (κ1) is 17.9. The highest BCUT2D eigenvalue weighted by atomic mass is 32.2. The fourth-order valence-corrected chi connectivity index (χ4v) is 3.24. The van der Waals surface area contributed by atoms with Crippen LogP contribution in [-0.2, 0) is 19.6 Å². The number of carbonyl (C=O) groups excluding carboxylic acids is 1. The number of nitrogens with zero attached hydrogens (tertiary/aromatic N) is 1. The molecule has 1 aliphatic heterocycles. The third-order valence-electron chi connectivity index (χ3n) is 3.44. The van der Waals surface area contributed by atoms with Crippen molar-refractivity contribution in [2.24, 2.45) is 11.8 Å². The van der Waals surface area contributed by atoms with Gasteiger partial charge in [-0.15, -0.1) is 0 Å². The van der Waals surface area contributed by atoms with Gasteiger partial charge in [0.1, 0.15) is 6.04 Å². The maximum absolute atomic E-state index is 12.5. The maximum Gasteiger partial charge on any atom is 0.308 e.